The van der Waals surface area contributed by atoms with Crippen molar-refractivity contribution in [3.63, 3.8) is 0 Å². The maximum absolute atomic E-state index is 11.6. The Morgan fingerprint density at radius 2 is 2.29 bits per heavy atom. The van der Waals surface area contributed by atoms with E-state index in [4.69, 9.17) is 5.26 Å². The second-order valence-corrected chi connectivity index (χ2v) is 4.19. The van der Waals surface area contributed by atoms with Gasteiger partial charge in [-0.2, -0.15) is 5.26 Å². The molecule has 3 heteroatoms. The number of rotatable bonds is 2. The van der Waals surface area contributed by atoms with E-state index in [2.05, 4.69) is 17.5 Å². The van der Waals surface area contributed by atoms with Crippen molar-refractivity contribution in [3.8, 4) is 6.07 Å². The minimum Gasteiger partial charge on any atom is -0.352 e. The lowest BCUT2D eigenvalue weighted by Crippen LogP contribution is -2.42. The molecule has 0 aromatic rings. The van der Waals surface area contributed by atoms with Crippen LogP contribution in [0.4, 0.5) is 0 Å². The van der Waals surface area contributed by atoms with Crippen LogP contribution in [0, 0.1) is 16.7 Å². The van der Waals surface area contributed by atoms with Gasteiger partial charge in [0.15, 0.2) is 0 Å². The fourth-order valence-electron chi connectivity index (χ4n) is 1.34. The van der Waals surface area contributed by atoms with Crippen LogP contribution in [-0.2, 0) is 4.79 Å². The summed E-state index contributed by atoms with van der Waals surface area (Å²) in [5, 5.41) is 11.7. The molecule has 76 valence electrons. The molecule has 3 nitrogen and oxygen atoms in total. The molecule has 0 aromatic carbocycles. The molecule has 0 saturated heterocycles. The Morgan fingerprint density at radius 3 is 2.79 bits per heavy atom. The van der Waals surface area contributed by atoms with Crippen molar-refractivity contribution >= 4 is 5.91 Å². The number of carbonyl (C=O) groups is 1. The van der Waals surface area contributed by atoms with E-state index in [1.165, 1.54) is 0 Å². The molecule has 0 heterocycles. The molecule has 0 radical (unpaired) electrons. The Kier molecular flexibility index (Phi) is 3.29. The third-order valence-electron chi connectivity index (χ3n) is 2.45. The average molecular weight is 192 g/mol. The van der Waals surface area contributed by atoms with Crippen LogP contribution in [-0.4, -0.2) is 11.9 Å². The number of nitriles is 1. The average Bonchev–Trinajstić information content (AvgIpc) is 2.19. The SMILES string of the molecule is CC(C)(C#N)C(=O)NC1CC=CCC1. The van der Waals surface area contributed by atoms with Crippen molar-refractivity contribution in [1.29, 1.82) is 5.26 Å². The highest BCUT2D eigenvalue weighted by atomic mass is 16.2. The highest BCUT2D eigenvalue weighted by Crippen LogP contribution is 2.16. The highest BCUT2D eigenvalue weighted by Gasteiger charge is 2.28. The summed E-state index contributed by atoms with van der Waals surface area (Å²) in [7, 11) is 0. The summed E-state index contributed by atoms with van der Waals surface area (Å²) in [4.78, 5) is 11.6. The van der Waals surface area contributed by atoms with Crippen LogP contribution < -0.4 is 5.32 Å². The molecule has 0 fully saturated rings. The van der Waals surface area contributed by atoms with E-state index >= 15 is 0 Å². The molecule has 14 heavy (non-hydrogen) atoms. The Morgan fingerprint density at radius 1 is 1.57 bits per heavy atom. The summed E-state index contributed by atoms with van der Waals surface area (Å²) in [6.45, 7) is 3.28. The van der Waals surface area contributed by atoms with Gasteiger partial charge in [0, 0.05) is 6.04 Å². The molecule has 0 aliphatic heterocycles. The maximum Gasteiger partial charge on any atom is 0.240 e. The van der Waals surface area contributed by atoms with Gasteiger partial charge in [-0.3, -0.25) is 4.79 Å². The van der Waals surface area contributed by atoms with Gasteiger partial charge in [0.2, 0.25) is 5.91 Å². The number of hydrogen-bond acceptors (Lipinski definition) is 2. The number of carbonyl (C=O) groups excluding carboxylic acids is 1. The third-order valence-corrected chi connectivity index (χ3v) is 2.45. The van der Waals surface area contributed by atoms with E-state index in [1.807, 2.05) is 6.07 Å². The largest absolute Gasteiger partial charge is 0.352 e. The Bertz CT molecular complexity index is 286. The molecule has 0 saturated carbocycles. The predicted molar refractivity (Wildman–Crippen MR) is 54.3 cm³/mol. The van der Waals surface area contributed by atoms with Gasteiger partial charge in [0.25, 0.3) is 0 Å². The van der Waals surface area contributed by atoms with Crippen LogP contribution in [0.2, 0.25) is 0 Å². The highest BCUT2D eigenvalue weighted by molar-refractivity contribution is 5.84. The Labute approximate surface area is 84.8 Å². The van der Waals surface area contributed by atoms with Crippen LogP contribution >= 0.6 is 0 Å². The molecule has 1 aliphatic carbocycles. The topological polar surface area (TPSA) is 52.9 Å². The van der Waals surface area contributed by atoms with Crippen LogP contribution in [0.25, 0.3) is 0 Å². The fraction of sp³-hybridized carbons (Fsp3) is 0.636. The first-order valence-corrected chi connectivity index (χ1v) is 4.93. The van der Waals surface area contributed by atoms with Gasteiger partial charge in [-0.25, -0.2) is 0 Å². The summed E-state index contributed by atoms with van der Waals surface area (Å²) in [6, 6.07) is 2.21. The van der Waals surface area contributed by atoms with Crippen molar-refractivity contribution < 1.29 is 4.79 Å². The van der Waals surface area contributed by atoms with E-state index in [0.717, 1.165) is 19.3 Å². The van der Waals surface area contributed by atoms with E-state index in [-0.39, 0.29) is 11.9 Å². The number of amides is 1. The van der Waals surface area contributed by atoms with Crippen molar-refractivity contribution in [3.05, 3.63) is 12.2 Å². The summed E-state index contributed by atoms with van der Waals surface area (Å²) >= 11 is 0. The molecule has 1 amide bonds. The fourth-order valence-corrected chi connectivity index (χ4v) is 1.34. The first-order valence-electron chi connectivity index (χ1n) is 4.93. The third kappa shape index (κ3) is 2.59. The van der Waals surface area contributed by atoms with E-state index < -0.39 is 5.41 Å². The molecule has 1 aliphatic rings. The number of hydrogen-bond donors (Lipinski definition) is 1. The van der Waals surface area contributed by atoms with Crippen LogP contribution in [0.1, 0.15) is 33.1 Å². The molecule has 0 spiro atoms. The lowest BCUT2D eigenvalue weighted by Gasteiger charge is -2.23. The lowest BCUT2D eigenvalue weighted by atomic mass is 9.93. The Hall–Kier alpha value is -1.30. The number of allylic oxidation sites excluding steroid dienone is 1. The summed E-state index contributed by atoms with van der Waals surface area (Å²) < 4.78 is 0. The second kappa shape index (κ2) is 4.28. The molecular weight excluding hydrogens is 176 g/mol. The standard InChI is InChI=1S/C11H16N2O/c1-11(2,8-12)10(14)13-9-6-4-3-5-7-9/h3-4,9H,5-7H2,1-2H3,(H,13,14). The molecule has 0 aromatic heterocycles. The normalized spacial score (nSPS) is 21.4. The minimum atomic E-state index is -0.916. The van der Waals surface area contributed by atoms with Gasteiger partial charge in [-0.05, 0) is 33.1 Å². The monoisotopic (exact) mass is 192 g/mol. The number of nitrogens with one attached hydrogen (secondary N) is 1. The zero-order chi connectivity index (χ0) is 10.6. The van der Waals surface area contributed by atoms with Gasteiger partial charge in [-0.1, -0.05) is 12.2 Å². The lowest BCUT2D eigenvalue weighted by molar-refractivity contribution is -0.127. The van der Waals surface area contributed by atoms with Gasteiger partial charge in [-0.15, -0.1) is 0 Å². The van der Waals surface area contributed by atoms with Crippen molar-refractivity contribution in [2.45, 2.75) is 39.2 Å². The molecular formula is C11H16N2O. The van der Waals surface area contributed by atoms with E-state index in [9.17, 15) is 4.79 Å². The zero-order valence-corrected chi connectivity index (χ0v) is 8.71. The minimum absolute atomic E-state index is 0.166. The van der Waals surface area contributed by atoms with Crippen LogP contribution in [0.3, 0.4) is 0 Å². The van der Waals surface area contributed by atoms with Gasteiger partial charge < -0.3 is 5.32 Å². The summed E-state index contributed by atoms with van der Waals surface area (Å²) in [5.74, 6) is -0.166. The second-order valence-electron chi connectivity index (χ2n) is 4.19. The molecule has 1 unspecified atom stereocenters. The molecule has 0 bridgehead atoms. The smallest absolute Gasteiger partial charge is 0.240 e. The molecule has 1 N–H and O–H groups in total. The van der Waals surface area contributed by atoms with Gasteiger partial charge in [0.05, 0.1) is 6.07 Å². The molecule has 1 atom stereocenters. The number of nitrogens with zero attached hydrogens (tertiary/aromatic N) is 1. The van der Waals surface area contributed by atoms with E-state index in [1.54, 1.807) is 13.8 Å². The van der Waals surface area contributed by atoms with Gasteiger partial charge >= 0.3 is 0 Å². The maximum atomic E-state index is 11.6. The van der Waals surface area contributed by atoms with Crippen molar-refractivity contribution in [2.24, 2.45) is 5.41 Å². The Balaban J connectivity index is 2.49. The summed E-state index contributed by atoms with van der Waals surface area (Å²) in [5.41, 5.74) is -0.916. The van der Waals surface area contributed by atoms with Crippen LogP contribution in [0.15, 0.2) is 12.2 Å². The van der Waals surface area contributed by atoms with Crippen molar-refractivity contribution in [1.82, 2.24) is 5.32 Å². The van der Waals surface area contributed by atoms with E-state index in [0.29, 0.717) is 0 Å². The predicted octanol–water partition coefficient (Wildman–Crippen LogP) is 1.76. The quantitative estimate of drug-likeness (QED) is 0.678. The first kappa shape index (κ1) is 10.8. The summed E-state index contributed by atoms with van der Waals surface area (Å²) in [6.07, 6.45) is 7.07. The first-order chi connectivity index (χ1) is 6.56. The van der Waals surface area contributed by atoms with Crippen LogP contribution in [0.5, 0.6) is 0 Å². The van der Waals surface area contributed by atoms with Crippen molar-refractivity contribution in [2.75, 3.05) is 0 Å². The zero-order valence-electron chi connectivity index (χ0n) is 8.71. The van der Waals surface area contributed by atoms with Gasteiger partial charge in [0.1, 0.15) is 5.41 Å². The molecule has 1 rings (SSSR count).